The average Bonchev–Trinajstić information content (AvgIpc) is 3.46. The summed E-state index contributed by atoms with van der Waals surface area (Å²) in [7, 11) is 0. The number of nitrogens with zero attached hydrogens (tertiary/aromatic N) is 1. The number of halogens is 2. The number of nitrogens with one attached hydrogen (secondary N) is 1. The Morgan fingerprint density at radius 2 is 1.81 bits per heavy atom. The van der Waals surface area contributed by atoms with Crippen molar-refractivity contribution in [2.75, 3.05) is 5.32 Å². The van der Waals surface area contributed by atoms with Crippen LogP contribution < -0.4 is 5.32 Å². The first kappa shape index (κ1) is 19.1. The maximum Gasteiger partial charge on any atom is 0.288 e. The third kappa shape index (κ3) is 5.42. The quantitative estimate of drug-likeness (QED) is 0.459. The molecule has 0 aliphatic heterocycles. The van der Waals surface area contributed by atoms with Crippen molar-refractivity contribution in [3.05, 3.63) is 60.2 Å². The van der Waals surface area contributed by atoms with Crippen LogP contribution in [-0.4, -0.2) is 21.8 Å². The Bertz CT molecular complexity index is 718. The smallest absolute Gasteiger partial charge is 0.288 e. The minimum Gasteiger partial charge on any atom is -0.342 e. The molecule has 138 valence electrons. The first-order valence-corrected chi connectivity index (χ1v) is 9.98. The predicted molar refractivity (Wildman–Crippen MR) is 109 cm³/mol. The van der Waals surface area contributed by atoms with E-state index < -0.39 is 5.76 Å². The van der Waals surface area contributed by atoms with Crippen molar-refractivity contribution in [2.45, 2.75) is 43.0 Å². The molecule has 0 spiro atoms. The van der Waals surface area contributed by atoms with E-state index in [2.05, 4.69) is 29.3 Å². The van der Waals surface area contributed by atoms with Crippen LogP contribution in [0.15, 0.2) is 59.5 Å². The lowest BCUT2D eigenvalue weighted by Crippen LogP contribution is -2.41. The molecule has 2 aromatic carbocycles. The van der Waals surface area contributed by atoms with Crippen molar-refractivity contribution in [1.29, 1.82) is 0 Å². The molecule has 1 saturated carbocycles. The lowest BCUT2D eigenvalue weighted by atomic mass is 10.1. The summed E-state index contributed by atoms with van der Waals surface area (Å²) in [6.07, 6.45) is 2.49. The van der Waals surface area contributed by atoms with Gasteiger partial charge in [0.25, 0.3) is 5.76 Å². The standard InChI is InChI=1S/C20H22F2N2S2/c1-14(16-7-8-16)24(13-15-5-3-2-4-6-15)20(25)23-17-9-11-18(12-10-17)26-19(21)22/h2-6,9-12,14,16,19H,7-8,13H2,1H3,(H,23,25)/t14-/m0/s1. The lowest BCUT2D eigenvalue weighted by molar-refractivity contribution is 0.252. The first-order chi connectivity index (χ1) is 12.5. The number of alkyl halides is 2. The summed E-state index contributed by atoms with van der Waals surface area (Å²) < 4.78 is 24.9. The van der Waals surface area contributed by atoms with Crippen LogP contribution in [0.25, 0.3) is 0 Å². The Balaban J connectivity index is 1.68. The fourth-order valence-electron chi connectivity index (χ4n) is 2.93. The van der Waals surface area contributed by atoms with E-state index >= 15 is 0 Å². The maximum atomic E-state index is 12.4. The van der Waals surface area contributed by atoms with Gasteiger partial charge < -0.3 is 10.2 Å². The Hall–Kier alpha value is -1.66. The Morgan fingerprint density at radius 1 is 1.15 bits per heavy atom. The van der Waals surface area contributed by atoms with Gasteiger partial charge in [0.1, 0.15) is 0 Å². The molecule has 0 aromatic heterocycles. The van der Waals surface area contributed by atoms with Crippen LogP contribution in [0.2, 0.25) is 0 Å². The Labute approximate surface area is 163 Å². The SMILES string of the molecule is C[C@@H](C1CC1)N(Cc1ccccc1)C(=S)Nc1ccc(SC(F)F)cc1. The number of hydrogen-bond donors (Lipinski definition) is 1. The van der Waals surface area contributed by atoms with Crippen molar-refractivity contribution < 1.29 is 8.78 Å². The number of thiocarbonyl (C=S) groups is 1. The van der Waals surface area contributed by atoms with Crippen LogP contribution in [0.4, 0.5) is 14.5 Å². The molecular formula is C20H22F2N2S2. The van der Waals surface area contributed by atoms with Crippen LogP contribution in [0.5, 0.6) is 0 Å². The monoisotopic (exact) mass is 392 g/mol. The van der Waals surface area contributed by atoms with Gasteiger partial charge in [0.15, 0.2) is 5.11 Å². The summed E-state index contributed by atoms with van der Waals surface area (Å²) in [4.78, 5) is 2.77. The summed E-state index contributed by atoms with van der Waals surface area (Å²) in [5.74, 6) is -1.72. The molecule has 0 saturated heterocycles. The number of rotatable bonds is 7. The maximum absolute atomic E-state index is 12.4. The van der Waals surface area contributed by atoms with Crippen molar-refractivity contribution >= 4 is 34.8 Å². The van der Waals surface area contributed by atoms with Gasteiger partial charge in [-0.05, 0) is 67.7 Å². The van der Waals surface area contributed by atoms with Gasteiger partial charge in [0.05, 0.1) is 0 Å². The van der Waals surface area contributed by atoms with Crippen LogP contribution in [-0.2, 0) is 6.54 Å². The second-order valence-corrected chi connectivity index (χ2v) is 7.97. The molecule has 1 fully saturated rings. The third-order valence-electron chi connectivity index (χ3n) is 4.58. The second-order valence-electron chi connectivity index (χ2n) is 6.52. The highest BCUT2D eigenvalue weighted by Crippen LogP contribution is 2.36. The topological polar surface area (TPSA) is 15.3 Å². The first-order valence-electron chi connectivity index (χ1n) is 8.69. The number of anilines is 1. The van der Waals surface area contributed by atoms with Crippen molar-refractivity contribution in [3.63, 3.8) is 0 Å². The zero-order valence-electron chi connectivity index (χ0n) is 14.6. The van der Waals surface area contributed by atoms with Gasteiger partial charge >= 0.3 is 0 Å². The zero-order chi connectivity index (χ0) is 18.5. The van der Waals surface area contributed by atoms with E-state index in [0.29, 0.717) is 33.7 Å². The number of thioether (sulfide) groups is 1. The van der Waals surface area contributed by atoms with Gasteiger partial charge in [-0.25, -0.2) is 0 Å². The molecule has 6 heteroatoms. The highest BCUT2D eigenvalue weighted by molar-refractivity contribution is 7.99. The van der Waals surface area contributed by atoms with E-state index in [9.17, 15) is 8.78 Å². The van der Waals surface area contributed by atoms with Gasteiger partial charge in [0, 0.05) is 23.2 Å². The molecule has 1 aliphatic carbocycles. The zero-order valence-corrected chi connectivity index (χ0v) is 16.2. The van der Waals surface area contributed by atoms with Crippen LogP contribution in [0, 0.1) is 5.92 Å². The molecule has 0 bridgehead atoms. The molecular weight excluding hydrogens is 370 g/mol. The molecule has 0 unspecified atom stereocenters. The molecule has 1 atom stereocenters. The van der Waals surface area contributed by atoms with Gasteiger partial charge in [-0.3, -0.25) is 0 Å². The molecule has 2 nitrogen and oxygen atoms in total. The Morgan fingerprint density at radius 3 is 2.38 bits per heavy atom. The fraction of sp³-hybridized carbons (Fsp3) is 0.350. The lowest BCUT2D eigenvalue weighted by Gasteiger charge is -2.32. The molecule has 0 heterocycles. The van der Waals surface area contributed by atoms with E-state index in [0.717, 1.165) is 12.2 Å². The molecule has 0 amide bonds. The molecule has 1 N–H and O–H groups in total. The largest absolute Gasteiger partial charge is 0.342 e. The predicted octanol–water partition coefficient (Wildman–Crippen LogP) is 6.00. The van der Waals surface area contributed by atoms with Crippen molar-refractivity contribution in [1.82, 2.24) is 4.90 Å². The fourth-order valence-corrected chi connectivity index (χ4v) is 3.78. The van der Waals surface area contributed by atoms with Gasteiger partial charge in [0.2, 0.25) is 0 Å². The molecule has 1 aliphatic rings. The van der Waals surface area contributed by atoms with Crippen molar-refractivity contribution in [2.24, 2.45) is 5.92 Å². The molecule has 3 rings (SSSR count). The van der Waals surface area contributed by atoms with Crippen LogP contribution in [0.3, 0.4) is 0 Å². The van der Waals surface area contributed by atoms with E-state index in [-0.39, 0.29) is 0 Å². The number of benzene rings is 2. The van der Waals surface area contributed by atoms with Gasteiger partial charge in [-0.15, -0.1) is 0 Å². The van der Waals surface area contributed by atoms with Crippen LogP contribution >= 0.6 is 24.0 Å². The Kier molecular flexibility index (Phi) is 6.48. The normalized spacial score (nSPS) is 14.9. The highest BCUT2D eigenvalue weighted by atomic mass is 32.2. The van der Waals surface area contributed by atoms with E-state index in [1.807, 2.05) is 18.2 Å². The average molecular weight is 393 g/mol. The molecule has 2 aromatic rings. The summed E-state index contributed by atoms with van der Waals surface area (Å²) in [5.41, 5.74) is 2.03. The summed E-state index contributed by atoms with van der Waals surface area (Å²) in [5, 5.41) is 3.94. The summed E-state index contributed by atoms with van der Waals surface area (Å²) >= 11 is 6.22. The molecule has 26 heavy (non-hydrogen) atoms. The number of hydrogen-bond acceptors (Lipinski definition) is 2. The van der Waals surface area contributed by atoms with E-state index in [1.165, 1.54) is 18.4 Å². The van der Waals surface area contributed by atoms with E-state index in [4.69, 9.17) is 12.2 Å². The highest BCUT2D eigenvalue weighted by Gasteiger charge is 2.33. The van der Waals surface area contributed by atoms with Crippen molar-refractivity contribution in [3.8, 4) is 0 Å². The van der Waals surface area contributed by atoms with Gasteiger partial charge in [-0.1, -0.05) is 42.1 Å². The molecule has 0 radical (unpaired) electrons. The summed E-state index contributed by atoms with van der Waals surface area (Å²) in [6, 6.07) is 17.6. The van der Waals surface area contributed by atoms with Gasteiger partial charge in [-0.2, -0.15) is 8.78 Å². The third-order valence-corrected chi connectivity index (χ3v) is 5.64. The minimum atomic E-state index is -2.41. The second kappa shape index (κ2) is 8.82. The summed E-state index contributed by atoms with van der Waals surface area (Å²) in [6.45, 7) is 2.97. The minimum absolute atomic E-state index is 0.365. The van der Waals surface area contributed by atoms with E-state index in [1.54, 1.807) is 24.3 Å². The van der Waals surface area contributed by atoms with Crippen LogP contribution in [0.1, 0.15) is 25.3 Å².